The van der Waals surface area contributed by atoms with Crippen molar-refractivity contribution in [2.45, 2.75) is 25.9 Å². The second-order valence-corrected chi connectivity index (χ2v) is 8.22. The van der Waals surface area contributed by atoms with Gasteiger partial charge >= 0.3 is 6.03 Å². The Morgan fingerprint density at radius 3 is 2.45 bits per heavy atom. The zero-order chi connectivity index (χ0) is 21.4. The van der Waals surface area contributed by atoms with Gasteiger partial charge in [0, 0.05) is 44.2 Å². The van der Waals surface area contributed by atoms with Crippen LogP contribution in [0.5, 0.6) is 5.75 Å². The maximum absolute atomic E-state index is 12.7. The third-order valence-electron chi connectivity index (χ3n) is 6.08. The molecular weight excluding hydrogens is 394 g/mol. The summed E-state index contributed by atoms with van der Waals surface area (Å²) in [5.74, 6) is 2.18. The molecule has 3 heterocycles. The topological polar surface area (TPSA) is 90.2 Å². The predicted octanol–water partition coefficient (Wildman–Crippen LogP) is 3.30. The van der Waals surface area contributed by atoms with E-state index >= 15 is 0 Å². The molecule has 8 nitrogen and oxygen atoms in total. The van der Waals surface area contributed by atoms with Crippen LogP contribution in [0, 0.1) is 11.8 Å². The van der Waals surface area contributed by atoms with Gasteiger partial charge in [-0.25, -0.2) is 14.8 Å². The van der Waals surface area contributed by atoms with Gasteiger partial charge in [-0.2, -0.15) is 9.78 Å². The van der Waals surface area contributed by atoms with Gasteiger partial charge in [0.2, 0.25) is 0 Å². The van der Waals surface area contributed by atoms with E-state index in [-0.39, 0.29) is 17.9 Å². The Hall–Kier alpha value is -3.55. The van der Waals surface area contributed by atoms with Crippen molar-refractivity contribution in [3.8, 4) is 17.1 Å². The van der Waals surface area contributed by atoms with Crippen LogP contribution >= 0.6 is 0 Å². The summed E-state index contributed by atoms with van der Waals surface area (Å²) in [6, 6.07) is 11.1. The summed E-state index contributed by atoms with van der Waals surface area (Å²) in [7, 11) is 0. The van der Waals surface area contributed by atoms with E-state index in [0.29, 0.717) is 36.4 Å². The second-order valence-electron chi connectivity index (χ2n) is 8.22. The Labute approximate surface area is 179 Å². The Morgan fingerprint density at radius 1 is 1.03 bits per heavy atom. The number of carbonyl (C=O) groups is 2. The summed E-state index contributed by atoms with van der Waals surface area (Å²) in [6.07, 6.45) is 6.98. The van der Waals surface area contributed by atoms with E-state index in [0.717, 1.165) is 24.2 Å². The van der Waals surface area contributed by atoms with Crippen LogP contribution in [-0.4, -0.2) is 55.7 Å². The van der Waals surface area contributed by atoms with E-state index in [9.17, 15) is 9.59 Å². The highest BCUT2D eigenvalue weighted by molar-refractivity contribution is 5.92. The second kappa shape index (κ2) is 7.94. The molecule has 1 saturated carbocycles. The number of amides is 1. The molecule has 31 heavy (non-hydrogen) atoms. The Morgan fingerprint density at radius 2 is 1.77 bits per heavy atom. The van der Waals surface area contributed by atoms with Crippen molar-refractivity contribution in [1.29, 1.82) is 0 Å². The summed E-state index contributed by atoms with van der Waals surface area (Å²) in [5.41, 5.74) is 1.24. The standard InChI is InChI=1S/C23H23N5O3/c1-15(29)21-6-9-28(26-21)23(30)27-13-17-11-20(12-18(17)14-27)31-19-5-2-4-16(10-19)22-24-7-3-8-25-22/h2-10,17-18,20H,11-14H2,1H3/t17-,18+,20+. The molecule has 158 valence electrons. The number of benzene rings is 1. The quantitative estimate of drug-likeness (QED) is 0.605. The SMILES string of the molecule is CC(=O)c1ccn(C(=O)N2C[C@H]3C[C@H](Oc4cccc(-c5ncccn5)c4)C[C@H]3C2)n1. The number of rotatable bonds is 4. The van der Waals surface area contributed by atoms with Crippen molar-refractivity contribution in [1.82, 2.24) is 24.6 Å². The van der Waals surface area contributed by atoms with Crippen LogP contribution in [0.2, 0.25) is 0 Å². The number of ketones is 1. The lowest BCUT2D eigenvalue weighted by molar-refractivity contribution is 0.101. The average molecular weight is 417 g/mol. The third kappa shape index (κ3) is 3.93. The van der Waals surface area contributed by atoms with E-state index in [1.807, 2.05) is 29.2 Å². The molecule has 0 bridgehead atoms. The molecule has 8 heteroatoms. The molecule has 0 N–H and O–H groups in total. The first-order valence-electron chi connectivity index (χ1n) is 10.5. The number of fused-ring (bicyclic) bond motifs is 1. The van der Waals surface area contributed by atoms with Crippen LogP contribution < -0.4 is 4.74 Å². The molecule has 0 spiro atoms. The number of nitrogens with zero attached hydrogens (tertiary/aromatic N) is 5. The summed E-state index contributed by atoms with van der Waals surface area (Å²) in [4.78, 5) is 34.6. The normalized spacial score (nSPS) is 22.4. The molecule has 2 aliphatic rings. The van der Waals surface area contributed by atoms with E-state index in [1.165, 1.54) is 11.6 Å². The number of hydrogen-bond donors (Lipinski definition) is 0. The molecule has 1 aromatic carbocycles. The maximum Gasteiger partial charge on any atom is 0.344 e. The van der Waals surface area contributed by atoms with Crippen molar-refractivity contribution in [3.63, 3.8) is 0 Å². The molecule has 1 amide bonds. The van der Waals surface area contributed by atoms with Gasteiger partial charge in [0.05, 0.1) is 6.10 Å². The maximum atomic E-state index is 12.7. The molecule has 3 aromatic rings. The van der Waals surface area contributed by atoms with Gasteiger partial charge in [-0.05, 0) is 48.9 Å². The molecule has 2 fully saturated rings. The van der Waals surface area contributed by atoms with E-state index in [4.69, 9.17) is 4.74 Å². The largest absolute Gasteiger partial charge is 0.490 e. The predicted molar refractivity (Wildman–Crippen MR) is 113 cm³/mol. The number of hydrogen-bond acceptors (Lipinski definition) is 6. The van der Waals surface area contributed by atoms with Gasteiger partial charge in [-0.3, -0.25) is 4.79 Å². The van der Waals surface area contributed by atoms with Crippen molar-refractivity contribution in [2.24, 2.45) is 11.8 Å². The fourth-order valence-electron chi connectivity index (χ4n) is 4.61. The van der Waals surface area contributed by atoms with Crippen molar-refractivity contribution < 1.29 is 14.3 Å². The third-order valence-corrected chi connectivity index (χ3v) is 6.08. The fourth-order valence-corrected chi connectivity index (χ4v) is 4.61. The highest BCUT2D eigenvalue weighted by atomic mass is 16.5. The van der Waals surface area contributed by atoms with Crippen LogP contribution in [-0.2, 0) is 0 Å². The molecule has 1 aliphatic heterocycles. The lowest BCUT2D eigenvalue weighted by atomic mass is 10.0. The summed E-state index contributed by atoms with van der Waals surface area (Å²) >= 11 is 0. The van der Waals surface area contributed by atoms with Gasteiger partial charge in [0.15, 0.2) is 11.6 Å². The molecule has 1 saturated heterocycles. The molecule has 0 radical (unpaired) electrons. The van der Waals surface area contributed by atoms with Gasteiger partial charge in [-0.15, -0.1) is 0 Å². The zero-order valence-electron chi connectivity index (χ0n) is 17.2. The molecule has 5 rings (SSSR count). The highest BCUT2D eigenvalue weighted by Gasteiger charge is 2.43. The summed E-state index contributed by atoms with van der Waals surface area (Å²) < 4.78 is 7.54. The zero-order valence-corrected chi connectivity index (χ0v) is 17.2. The number of aromatic nitrogens is 4. The van der Waals surface area contributed by atoms with Gasteiger partial charge in [0.25, 0.3) is 0 Å². The van der Waals surface area contributed by atoms with E-state index in [1.54, 1.807) is 30.7 Å². The van der Waals surface area contributed by atoms with Crippen molar-refractivity contribution >= 4 is 11.8 Å². The Bertz CT molecular complexity index is 1100. The molecular formula is C23H23N5O3. The first-order chi connectivity index (χ1) is 15.1. The summed E-state index contributed by atoms with van der Waals surface area (Å²) in [5, 5.41) is 4.09. The Balaban J connectivity index is 1.20. The lowest BCUT2D eigenvalue weighted by Crippen LogP contribution is -2.34. The monoisotopic (exact) mass is 417 g/mol. The van der Waals surface area contributed by atoms with Crippen molar-refractivity contribution in [3.05, 3.63) is 60.7 Å². The minimum Gasteiger partial charge on any atom is -0.490 e. The van der Waals surface area contributed by atoms with Gasteiger partial charge < -0.3 is 9.64 Å². The molecule has 1 aliphatic carbocycles. The lowest BCUT2D eigenvalue weighted by Gasteiger charge is -2.20. The van der Waals surface area contributed by atoms with Crippen molar-refractivity contribution in [2.75, 3.05) is 13.1 Å². The van der Waals surface area contributed by atoms with Crippen LogP contribution in [0.25, 0.3) is 11.4 Å². The number of likely N-dealkylation sites (tertiary alicyclic amines) is 1. The fraction of sp³-hybridized carbons (Fsp3) is 0.348. The molecule has 2 aromatic heterocycles. The highest BCUT2D eigenvalue weighted by Crippen LogP contribution is 2.40. The number of carbonyl (C=O) groups excluding carboxylic acids is 2. The molecule has 0 unspecified atom stereocenters. The smallest absolute Gasteiger partial charge is 0.344 e. The van der Waals surface area contributed by atoms with Gasteiger partial charge in [-0.1, -0.05) is 12.1 Å². The summed E-state index contributed by atoms with van der Waals surface area (Å²) in [6.45, 7) is 2.83. The average Bonchev–Trinajstić information content (AvgIpc) is 3.49. The number of ether oxygens (including phenoxy) is 1. The van der Waals surface area contributed by atoms with Crippen LogP contribution in [0.3, 0.4) is 0 Å². The van der Waals surface area contributed by atoms with E-state index in [2.05, 4.69) is 15.1 Å². The van der Waals surface area contributed by atoms with Crippen LogP contribution in [0.15, 0.2) is 55.0 Å². The van der Waals surface area contributed by atoms with E-state index < -0.39 is 0 Å². The van der Waals surface area contributed by atoms with Crippen LogP contribution in [0.4, 0.5) is 4.79 Å². The first kappa shape index (κ1) is 19.4. The minimum atomic E-state index is -0.171. The minimum absolute atomic E-state index is 0.133. The molecule has 3 atom stereocenters. The van der Waals surface area contributed by atoms with Gasteiger partial charge in [0.1, 0.15) is 11.4 Å². The van der Waals surface area contributed by atoms with Crippen LogP contribution in [0.1, 0.15) is 30.3 Å². The Kier molecular flexibility index (Phi) is 4.97. The number of Topliss-reactive ketones (excluding diaryl/α,β-unsaturated/α-hetero) is 1. The first-order valence-corrected chi connectivity index (χ1v) is 10.5.